The number of piperidine rings is 1. The van der Waals surface area contributed by atoms with Crippen LogP contribution < -0.4 is 4.90 Å². The summed E-state index contributed by atoms with van der Waals surface area (Å²) < 4.78 is 0. The van der Waals surface area contributed by atoms with Gasteiger partial charge in [0, 0.05) is 24.7 Å². The zero-order valence-corrected chi connectivity index (χ0v) is 13.2. The second-order valence-corrected chi connectivity index (χ2v) is 7.03. The Labute approximate surface area is 130 Å². The van der Waals surface area contributed by atoms with Crippen LogP contribution in [0, 0.1) is 23.3 Å². The van der Waals surface area contributed by atoms with Gasteiger partial charge in [0.05, 0.1) is 6.57 Å². The molecule has 0 unspecified atom stereocenters. The Bertz CT molecular complexity index is 674. The maximum atomic E-state index is 12.5. The summed E-state index contributed by atoms with van der Waals surface area (Å²) in [5, 5.41) is 0. The van der Waals surface area contributed by atoms with Crippen LogP contribution >= 0.6 is 0 Å². The van der Waals surface area contributed by atoms with Gasteiger partial charge in [-0.2, -0.15) is 0 Å². The van der Waals surface area contributed by atoms with E-state index in [0.29, 0.717) is 0 Å². The van der Waals surface area contributed by atoms with Crippen molar-refractivity contribution in [3.63, 3.8) is 0 Å². The molecule has 5 nitrogen and oxygen atoms in total. The summed E-state index contributed by atoms with van der Waals surface area (Å²) in [6.07, 6.45) is 6.11. The molecule has 1 aliphatic heterocycles. The van der Waals surface area contributed by atoms with Crippen LogP contribution in [-0.2, 0) is 4.79 Å². The summed E-state index contributed by atoms with van der Waals surface area (Å²) in [4.78, 5) is 26.5. The van der Waals surface area contributed by atoms with Gasteiger partial charge in [0.2, 0.25) is 5.70 Å². The Balaban J connectivity index is 1.99. The van der Waals surface area contributed by atoms with Crippen molar-refractivity contribution in [2.75, 3.05) is 18.0 Å². The molecule has 22 heavy (non-hydrogen) atoms. The molecule has 0 N–H and O–H groups in total. The molecule has 2 atom stereocenters. The third-order valence-corrected chi connectivity index (χ3v) is 5.18. The molecule has 0 bridgehead atoms. The first kappa shape index (κ1) is 14.7. The van der Waals surface area contributed by atoms with Crippen molar-refractivity contribution < 1.29 is 4.79 Å². The number of anilines is 1. The number of nitrogens with zero attached hydrogens (tertiary/aromatic N) is 4. The summed E-state index contributed by atoms with van der Waals surface area (Å²) in [5.74, 6) is 1.14. The topological polar surface area (TPSA) is 50.5 Å². The number of allylic oxidation sites excluding steroid dienone is 1. The SMILES string of the molecule is [C-]#[N+]C1=C[C@]2(C)CN(c3ccncn3)CC[C@H]2C(C)(C)C1=O. The fourth-order valence-electron chi connectivity index (χ4n) is 4.16. The number of fused-ring (bicyclic) bond motifs is 1. The predicted octanol–water partition coefficient (Wildman–Crippen LogP) is 2.72. The minimum atomic E-state index is -0.485. The molecule has 1 aromatic rings. The summed E-state index contributed by atoms with van der Waals surface area (Å²) in [6.45, 7) is 15.1. The molecule has 114 valence electrons. The van der Waals surface area contributed by atoms with Crippen molar-refractivity contribution >= 4 is 11.6 Å². The summed E-state index contributed by atoms with van der Waals surface area (Å²) >= 11 is 0. The quantitative estimate of drug-likeness (QED) is 0.748. The molecule has 2 heterocycles. The summed E-state index contributed by atoms with van der Waals surface area (Å²) in [6, 6.07) is 1.91. The van der Waals surface area contributed by atoms with Crippen molar-refractivity contribution in [3.8, 4) is 0 Å². The molecule has 0 spiro atoms. The molecule has 1 fully saturated rings. The first-order valence-electron chi connectivity index (χ1n) is 7.54. The Kier molecular flexibility index (Phi) is 3.28. The Morgan fingerprint density at radius 1 is 1.41 bits per heavy atom. The number of aromatic nitrogens is 2. The van der Waals surface area contributed by atoms with Gasteiger partial charge in [-0.1, -0.05) is 26.8 Å². The van der Waals surface area contributed by atoms with Crippen LogP contribution in [0.5, 0.6) is 0 Å². The van der Waals surface area contributed by atoms with Gasteiger partial charge in [0.15, 0.2) is 5.78 Å². The van der Waals surface area contributed by atoms with Crippen LogP contribution in [0.2, 0.25) is 0 Å². The Morgan fingerprint density at radius 2 is 2.18 bits per heavy atom. The molecule has 5 heteroatoms. The highest BCUT2D eigenvalue weighted by atomic mass is 16.1. The first-order valence-corrected chi connectivity index (χ1v) is 7.54. The highest BCUT2D eigenvalue weighted by Crippen LogP contribution is 2.52. The van der Waals surface area contributed by atoms with Crippen LogP contribution in [0.4, 0.5) is 5.82 Å². The van der Waals surface area contributed by atoms with E-state index in [4.69, 9.17) is 6.57 Å². The lowest BCUT2D eigenvalue weighted by Crippen LogP contribution is -2.55. The molecular formula is C17H20N4O. The van der Waals surface area contributed by atoms with Crippen LogP contribution in [-0.4, -0.2) is 28.8 Å². The van der Waals surface area contributed by atoms with Gasteiger partial charge in [-0.25, -0.2) is 14.8 Å². The zero-order chi connectivity index (χ0) is 16.0. The first-order chi connectivity index (χ1) is 10.4. The van der Waals surface area contributed by atoms with Gasteiger partial charge in [-0.3, -0.25) is 0 Å². The van der Waals surface area contributed by atoms with E-state index in [2.05, 4.69) is 26.6 Å². The lowest BCUT2D eigenvalue weighted by molar-refractivity contribution is -0.130. The average Bonchev–Trinajstić information content (AvgIpc) is 2.51. The molecule has 1 aliphatic carbocycles. The normalized spacial score (nSPS) is 30.3. The highest BCUT2D eigenvalue weighted by molar-refractivity contribution is 6.02. The number of carbonyl (C=O) groups is 1. The number of hydrogen-bond acceptors (Lipinski definition) is 4. The van der Waals surface area contributed by atoms with E-state index in [1.165, 1.54) is 0 Å². The molecular weight excluding hydrogens is 276 g/mol. The number of rotatable bonds is 1. The summed E-state index contributed by atoms with van der Waals surface area (Å²) in [5.41, 5.74) is -0.393. The minimum Gasteiger partial charge on any atom is -0.356 e. The third kappa shape index (κ3) is 2.10. The van der Waals surface area contributed by atoms with E-state index < -0.39 is 5.41 Å². The van der Waals surface area contributed by atoms with Gasteiger partial charge in [0.1, 0.15) is 12.1 Å². The molecule has 0 amide bonds. The fraction of sp³-hybridized carbons (Fsp3) is 0.529. The van der Waals surface area contributed by atoms with Crippen LogP contribution in [0.1, 0.15) is 27.2 Å². The molecule has 2 aliphatic rings. The number of carbonyl (C=O) groups excluding carboxylic acids is 1. The van der Waals surface area contributed by atoms with Gasteiger partial charge < -0.3 is 9.69 Å². The Hall–Kier alpha value is -2.22. The second kappa shape index (κ2) is 4.91. The highest BCUT2D eigenvalue weighted by Gasteiger charge is 2.53. The van der Waals surface area contributed by atoms with Crippen molar-refractivity contribution in [2.45, 2.75) is 27.2 Å². The van der Waals surface area contributed by atoms with Gasteiger partial charge in [-0.15, -0.1) is 0 Å². The maximum absolute atomic E-state index is 12.5. The van der Waals surface area contributed by atoms with Gasteiger partial charge >= 0.3 is 0 Å². The van der Waals surface area contributed by atoms with Crippen molar-refractivity contribution in [2.24, 2.45) is 16.7 Å². The van der Waals surface area contributed by atoms with E-state index in [1.807, 2.05) is 26.0 Å². The number of hydrogen-bond donors (Lipinski definition) is 0. The number of ketones is 1. The lowest BCUT2D eigenvalue weighted by Gasteiger charge is -2.53. The van der Waals surface area contributed by atoms with Crippen molar-refractivity contribution in [1.29, 1.82) is 0 Å². The van der Waals surface area contributed by atoms with E-state index in [1.54, 1.807) is 12.5 Å². The molecule has 0 radical (unpaired) electrons. The van der Waals surface area contributed by atoms with Gasteiger partial charge in [-0.05, 0) is 23.8 Å². The molecule has 0 aromatic carbocycles. The molecule has 1 aromatic heterocycles. The summed E-state index contributed by atoms with van der Waals surface area (Å²) in [7, 11) is 0. The smallest absolute Gasteiger partial charge is 0.226 e. The monoisotopic (exact) mass is 296 g/mol. The number of Topliss-reactive ketones (excluding diaryl/α,β-unsaturated/α-hetero) is 1. The zero-order valence-electron chi connectivity index (χ0n) is 13.2. The molecule has 0 saturated carbocycles. The van der Waals surface area contributed by atoms with Crippen molar-refractivity contribution in [3.05, 3.63) is 41.8 Å². The van der Waals surface area contributed by atoms with E-state index in [9.17, 15) is 4.79 Å². The molecule has 3 rings (SSSR count). The van der Waals surface area contributed by atoms with Crippen LogP contribution in [0.3, 0.4) is 0 Å². The van der Waals surface area contributed by atoms with Gasteiger partial charge in [0.25, 0.3) is 0 Å². The van der Waals surface area contributed by atoms with E-state index in [-0.39, 0.29) is 22.8 Å². The van der Waals surface area contributed by atoms with E-state index >= 15 is 0 Å². The predicted molar refractivity (Wildman–Crippen MR) is 83.9 cm³/mol. The average molecular weight is 296 g/mol. The van der Waals surface area contributed by atoms with Crippen LogP contribution in [0.15, 0.2) is 30.4 Å². The Morgan fingerprint density at radius 3 is 2.82 bits per heavy atom. The minimum absolute atomic E-state index is 0.0135. The third-order valence-electron chi connectivity index (χ3n) is 5.18. The van der Waals surface area contributed by atoms with Crippen molar-refractivity contribution in [1.82, 2.24) is 9.97 Å². The maximum Gasteiger partial charge on any atom is 0.226 e. The van der Waals surface area contributed by atoms with E-state index in [0.717, 1.165) is 25.3 Å². The lowest BCUT2D eigenvalue weighted by atomic mass is 9.55. The largest absolute Gasteiger partial charge is 0.356 e. The fourth-order valence-corrected chi connectivity index (χ4v) is 4.16. The van der Waals surface area contributed by atoms with Crippen LogP contribution in [0.25, 0.3) is 4.85 Å². The molecule has 1 saturated heterocycles. The standard InChI is InChI=1S/C17H20N4O/c1-16(2)13-6-8-21(14-5-7-19-11-20-14)10-17(13,3)9-12(18-4)15(16)22/h5,7,9,11,13H,6,8,10H2,1-3H3/t13-,17+/m0/s1. The second-order valence-electron chi connectivity index (χ2n) is 7.03.